The monoisotopic (exact) mass is 455 g/mol. The summed E-state index contributed by atoms with van der Waals surface area (Å²) in [5.74, 6) is -0.424. The molecule has 0 atom stereocenters. The molecule has 0 saturated carbocycles. The minimum absolute atomic E-state index is 0.0801. The Hall–Kier alpha value is -4.16. The quantitative estimate of drug-likeness (QED) is 0.340. The molecule has 0 bridgehead atoms. The van der Waals surface area contributed by atoms with Gasteiger partial charge < -0.3 is 9.84 Å². The van der Waals surface area contributed by atoms with Gasteiger partial charge in [0.25, 0.3) is 0 Å². The summed E-state index contributed by atoms with van der Waals surface area (Å²) in [5.41, 5.74) is 4.40. The van der Waals surface area contributed by atoms with Gasteiger partial charge in [-0.25, -0.2) is 14.3 Å². The van der Waals surface area contributed by atoms with E-state index in [1.165, 1.54) is 10.6 Å². The average Bonchev–Trinajstić information content (AvgIpc) is 3.28. The molecule has 1 N–H and O–H groups in total. The van der Waals surface area contributed by atoms with Gasteiger partial charge >= 0.3 is 5.97 Å². The molecule has 0 aliphatic heterocycles. The first-order valence-electron chi connectivity index (χ1n) is 10.2. The summed E-state index contributed by atoms with van der Waals surface area (Å²) in [7, 11) is 0. The second-order valence-corrected chi connectivity index (χ2v) is 7.88. The molecule has 2 heterocycles. The fourth-order valence-corrected chi connectivity index (χ4v) is 3.76. The average molecular weight is 456 g/mol. The maximum absolute atomic E-state index is 11.6. The molecule has 0 spiro atoms. The third kappa shape index (κ3) is 4.42. The molecule has 162 valence electrons. The van der Waals surface area contributed by atoms with Gasteiger partial charge in [0.1, 0.15) is 12.4 Å². The Balaban J connectivity index is 1.59. The zero-order chi connectivity index (χ0) is 22.8. The Morgan fingerprint density at radius 2 is 1.70 bits per heavy atom. The largest absolute Gasteiger partial charge is 0.489 e. The summed E-state index contributed by atoms with van der Waals surface area (Å²) in [6.07, 6.45) is 0. The smallest absolute Gasteiger partial charge is 0.356 e. The molecule has 0 unspecified atom stereocenters. The Kier molecular flexibility index (Phi) is 5.50. The Labute approximate surface area is 194 Å². The van der Waals surface area contributed by atoms with Crippen LogP contribution in [-0.4, -0.2) is 25.7 Å². The van der Waals surface area contributed by atoms with E-state index in [9.17, 15) is 9.90 Å². The fourth-order valence-electron chi connectivity index (χ4n) is 3.57. The minimum atomic E-state index is -1.12. The van der Waals surface area contributed by atoms with Crippen molar-refractivity contribution in [2.75, 3.05) is 0 Å². The van der Waals surface area contributed by atoms with Gasteiger partial charge in [0.2, 0.25) is 0 Å². The molecule has 5 aromatic rings. The van der Waals surface area contributed by atoms with Crippen LogP contribution in [0.25, 0.3) is 28.2 Å². The first-order valence-corrected chi connectivity index (χ1v) is 10.6. The van der Waals surface area contributed by atoms with E-state index >= 15 is 0 Å². The Morgan fingerprint density at radius 1 is 0.909 bits per heavy atom. The van der Waals surface area contributed by atoms with Crippen LogP contribution in [0.5, 0.6) is 5.75 Å². The van der Waals surface area contributed by atoms with Gasteiger partial charge in [-0.3, -0.25) is 0 Å². The van der Waals surface area contributed by atoms with E-state index in [4.69, 9.17) is 16.3 Å². The number of carboxylic acid groups (broad SMARTS) is 1. The van der Waals surface area contributed by atoms with Crippen LogP contribution >= 0.6 is 11.6 Å². The summed E-state index contributed by atoms with van der Waals surface area (Å²) < 4.78 is 7.52. The highest BCUT2D eigenvalue weighted by atomic mass is 35.5. The second kappa shape index (κ2) is 8.76. The van der Waals surface area contributed by atoms with Crippen molar-refractivity contribution in [1.82, 2.24) is 14.6 Å². The zero-order valence-corrected chi connectivity index (χ0v) is 18.1. The van der Waals surface area contributed by atoms with Crippen molar-refractivity contribution >= 4 is 23.2 Å². The lowest BCUT2D eigenvalue weighted by Gasteiger charge is -2.11. The van der Waals surface area contributed by atoms with Crippen LogP contribution in [0.4, 0.5) is 0 Å². The maximum Gasteiger partial charge on any atom is 0.356 e. The number of ether oxygens (including phenoxy) is 1. The highest BCUT2D eigenvalue weighted by Crippen LogP contribution is 2.30. The first kappa shape index (κ1) is 20.7. The maximum atomic E-state index is 11.6. The summed E-state index contributed by atoms with van der Waals surface area (Å²) >= 11 is 6.18. The number of hydrogen-bond acceptors (Lipinski definition) is 4. The number of hydrogen-bond donors (Lipinski definition) is 1. The number of fused-ring (bicyclic) bond motifs is 1. The topological polar surface area (TPSA) is 76.7 Å². The molecule has 0 radical (unpaired) electrons. The number of aromatic carboxylic acids is 1. The SMILES string of the molecule is O=C(O)c1cc2nc(-c3cccc(Cl)c3)cc(-c3cccc(OCc4ccccc4)c3)n2n1. The van der Waals surface area contributed by atoms with Gasteiger partial charge in [-0.15, -0.1) is 0 Å². The molecule has 33 heavy (non-hydrogen) atoms. The van der Waals surface area contributed by atoms with Crippen LogP contribution in [0.3, 0.4) is 0 Å². The molecular formula is C26H18ClN3O3. The van der Waals surface area contributed by atoms with Crippen molar-refractivity contribution in [3.05, 3.63) is 107 Å². The van der Waals surface area contributed by atoms with Gasteiger partial charge in [0.15, 0.2) is 11.3 Å². The summed E-state index contributed by atoms with van der Waals surface area (Å²) in [6, 6.07) is 28.2. The lowest BCUT2D eigenvalue weighted by atomic mass is 10.1. The first-order chi connectivity index (χ1) is 16.1. The summed E-state index contributed by atoms with van der Waals surface area (Å²) in [6.45, 7) is 0.439. The number of rotatable bonds is 6. The van der Waals surface area contributed by atoms with Crippen molar-refractivity contribution < 1.29 is 14.6 Å². The van der Waals surface area contributed by atoms with Crippen molar-refractivity contribution in [3.63, 3.8) is 0 Å². The molecule has 0 saturated heterocycles. The van der Waals surface area contributed by atoms with Gasteiger partial charge in [-0.2, -0.15) is 5.10 Å². The van der Waals surface area contributed by atoms with Crippen molar-refractivity contribution in [3.8, 4) is 28.3 Å². The van der Waals surface area contributed by atoms with E-state index in [1.54, 1.807) is 6.07 Å². The van der Waals surface area contributed by atoms with E-state index in [1.807, 2.05) is 78.9 Å². The molecule has 5 rings (SSSR count). The van der Waals surface area contributed by atoms with Crippen LogP contribution in [0.1, 0.15) is 16.1 Å². The van der Waals surface area contributed by atoms with Crippen molar-refractivity contribution in [2.45, 2.75) is 6.61 Å². The number of aromatic nitrogens is 3. The van der Waals surface area contributed by atoms with Crippen LogP contribution in [0.2, 0.25) is 5.02 Å². The number of halogens is 1. The lowest BCUT2D eigenvalue weighted by Crippen LogP contribution is -2.01. The highest BCUT2D eigenvalue weighted by Gasteiger charge is 2.16. The molecular weight excluding hydrogens is 438 g/mol. The normalized spacial score (nSPS) is 10.9. The minimum Gasteiger partial charge on any atom is -0.489 e. The molecule has 6 nitrogen and oxygen atoms in total. The number of carboxylic acids is 1. The van der Waals surface area contributed by atoms with Crippen LogP contribution in [0.15, 0.2) is 91.0 Å². The van der Waals surface area contributed by atoms with E-state index in [-0.39, 0.29) is 5.69 Å². The van der Waals surface area contributed by atoms with E-state index in [0.29, 0.717) is 34.4 Å². The molecule has 2 aromatic heterocycles. The van der Waals surface area contributed by atoms with Crippen molar-refractivity contribution in [1.29, 1.82) is 0 Å². The zero-order valence-electron chi connectivity index (χ0n) is 17.4. The molecule has 7 heteroatoms. The fraction of sp³-hybridized carbons (Fsp3) is 0.0385. The highest BCUT2D eigenvalue weighted by molar-refractivity contribution is 6.30. The Bertz CT molecular complexity index is 1460. The summed E-state index contributed by atoms with van der Waals surface area (Å²) in [4.78, 5) is 16.2. The van der Waals surface area contributed by atoms with Crippen LogP contribution in [-0.2, 0) is 6.61 Å². The van der Waals surface area contributed by atoms with Gasteiger partial charge in [-0.1, -0.05) is 66.2 Å². The predicted molar refractivity (Wildman–Crippen MR) is 127 cm³/mol. The van der Waals surface area contributed by atoms with Gasteiger partial charge in [-0.05, 0) is 35.9 Å². The lowest BCUT2D eigenvalue weighted by molar-refractivity contribution is 0.0690. The van der Waals surface area contributed by atoms with Crippen LogP contribution in [0, 0.1) is 0 Å². The van der Waals surface area contributed by atoms with Crippen LogP contribution < -0.4 is 4.74 Å². The third-order valence-electron chi connectivity index (χ3n) is 5.14. The van der Waals surface area contributed by atoms with Gasteiger partial charge in [0, 0.05) is 22.2 Å². The second-order valence-electron chi connectivity index (χ2n) is 7.44. The molecule has 0 aliphatic carbocycles. The van der Waals surface area contributed by atoms with E-state index in [0.717, 1.165) is 16.7 Å². The number of nitrogens with zero attached hydrogens (tertiary/aromatic N) is 3. The number of carbonyl (C=O) groups is 1. The van der Waals surface area contributed by atoms with Crippen molar-refractivity contribution in [2.24, 2.45) is 0 Å². The standard InChI is InChI=1S/C26H18ClN3O3/c27-20-10-4-8-18(12-20)22-14-24(30-25(28-22)15-23(29-30)26(31)32)19-9-5-11-21(13-19)33-16-17-6-2-1-3-7-17/h1-15H,16H2,(H,31,32). The molecule has 0 aliphatic rings. The number of benzene rings is 3. The predicted octanol–water partition coefficient (Wildman–Crippen LogP) is 5.99. The molecule has 3 aromatic carbocycles. The third-order valence-corrected chi connectivity index (χ3v) is 5.38. The van der Waals surface area contributed by atoms with E-state index < -0.39 is 5.97 Å². The molecule has 0 amide bonds. The molecule has 0 fully saturated rings. The summed E-state index contributed by atoms with van der Waals surface area (Å²) in [5, 5.41) is 14.3. The van der Waals surface area contributed by atoms with Gasteiger partial charge in [0.05, 0.1) is 11.4 Å². The Morgan fingerprint density at radius 3 is 2.48 bits per heavy atom. The van der Waals surface area contributed by atoms with E-state index in [2.05, 4.69) is 10.1 Å².